The average molecular weight is 292 g/mol. The third kappa shape index (κ3) is 3.88. The largest absolute Gasteiger partial charge is 0.389 e. The van der Waals surface area contributed by atoms with Gasteiger partial charge in [0.2, 0.25) is 0 Å². The molecule has 6 nitrogen and oxygen atoms in total. The minimum absolute atomic E-state index is 0.102. The first-order valence-electron chi connectivity index (χ1n) is 6.93. The minimum Gasteiger partial charge on any atom is -0.389 e. The molecule has 19 heavy (non-hydrogen) atoms. The number of nitrogens with zero attached hydrogens (tertiary/aromatic N) is 1. The van der Waals surface area contributed by atoms with Crippen LogP contribution in [0.2, 0.25) is 0 Å². The molecule has 0 bridgehead atoms. The van der Waals surface area contributed by atoms with E-state index < -0.39 is 15.8 Å². The van der Waals surface area contributed by atoms with E-state index in [1.807, 2.05) is 13.8 Å². The van der Waals surface area contributed by atoms with Gasteiger partial charge in [0.25, 0.3) is 10.2 Å². The summed E-state index contributed by atoms with van der Waals surface area (Å²) in [5.74, 6) is 0. The van der Waals surface area contributed by atoms with Gasteiger partial charge in [0.15, 0.2) is 0 Å². The molecule has 7 heteroatoms. The first kappa shape index (κ1) is 15.2. The van der Waals surface area contributed by atoms with E-state index in [9.17, 15) is 13.5 Å². The van der Waals surface area contributed by atoms with Crippen LogP contribution in [0.15, 0.2) is 0 Å². The van der Waals surface area contributed by atoms with Gasteiger partial charge in [0.05, 0.1) is 17.8 Å². The Hall–Kier alpha value is -0.210. The fourth-order valence-electron chi connectivity index (χ4n) is 2.85. The van der Waals surface area contributed by atoms with Gasteiger partial charge in [-0.3, -0.25) is 0 Å². The Kier molecular flexibility index (Phi) is 4.52. The summed E-state index contributed by atoms with van der Waals surface area (Å²) in [6.07, 6.45) is 3.06. The monoisotopic (exact) mass is 292 g/mol. The zero-order valence-electron chi connectivity index (χ0n) is 11.6. The van der Waals surface area contributed by atoms with Gasteiger partial charge in [0.1, 0.15) is 0 Å². The maximum atomic E-state index is 12.2. The van der Waals surface area contributed by atoms with Gasteiger partial charge < -0.3 is 9.84 Å². The van der Waals surface area contributed by atoms with E-state index in [1.54, 1.807) is 0 Å². The molecule has 2 atom stereocenters. The summed E-state index contributed by atoms with van der Waals surface area (Å²) >= 11 is 0. The van der Waals surface area contributed by atoms with Crippen molar-refractivity contribution in [2.45, 2.75) is 57.3 Å². The van der Waals surface area contributed by atoms with Crippen LogP contribution in [-0.4, -0.2) is 55.3 Å². The van der Waals surface area contributed by atoms with Crippen molar-refractivity contribution in [2.75, 3.05) is 19.6 Å². The smallest absolute Gasteiger partial charge is 0.279 e. The third-order valence-electron chi connectivity index (χ3n) is 3.84. The fourth-order valence-corrected chi connectivity index (χ4v) is 4.30. The lowest BCUT2D eigenvalue weighted by Gasteiger charge is -2.35. The maximum Gasteiger partial charge on any atom is 0.279 e. The van der Waals surface area contributed by atoms with Crippen molar-refractivity contribution < 1.29 is 18.3 Å². The molecule has 2 unspecified atom stereocenters. The molecule has 1 saturated carbocycles. The van der Waals surface area contributed by atoms with Crippen molar-refractivity contribution in [2.24, 2.45) is 0 Å². The van der Waals surface area contributed by atoms with Crippen LogP contribution >= 0.6 is 0 Å². The summed E-state index contributed by atoms with van der Waals surface area (Å²) in [5.41, 5.74) is -0.864. The highest BCUT2D eigenvalue weighted by molar-refractivity contribution is 7.87. The van der Waals surface area contributed by atoms with E-state index in [0.717, 1.165) is 12.8 Å². The Morgan fingerprint density at radius 1 is 1.26 bits per heavy atom. The first-order chi connectivity index (χ1) is 8.81. The molecule has 0 spiro atoms. The van der Waals surface area contributed by atoms with Gasteiger partial charge in [-0.05, 0) is 26.7 Å². The molecule has 1 heterocycles. The Morgan fingerprint density at radius 2 is 1.79 bits per heavy atom. The van der Waals surface area contributed by atoms with Crippen LogP contribution in [0.25, 0.3) is 0 Å². The summed E-state index contributed by atoms with van der Waals surface area (Å²) < 4.78 is 33.9. The molecule has 0 aromatic rings. The summed E-state index contributed by atoms with van der Waals surface area (Å²) in [6, 6.07) is 0. The topological polar surface area (TPSA) is 78.9 Å². The molecule has 0 aromatic carbocycles. The van der Waals surface area contributed by atoms with E-state index >= 15 is 0 Å². The van der Waals surface area contributed by atoms with Crippen molar-refractivity contribution in [3.05, 3.63) is 0 Å². The predicted octanol–water partition coefficient (Wildman–Crippen LogP) is 0.235. The molecule has 112 valence electrons. The lowest BCUT2D eigenvalue weighted by Crippen LogP contribution is -2.54. The normalized spacial score (nSPS) is 32.6. The number of rotatable bonds is 4. The third-order valence-corrected chi connectivity index (χ3v) is 5.33. The number of hydrogen-bond donors (Lipinski definition) is 2. The van der Waals surface area contributed by atoms with Crippen LogP contribution in [0.3, 0.4) is 0 Å². The molecule has 0 amide bonds. The summed E-state index contributed by atoms with van der Waals surface area (Å²) in [6.45, 7) is 4.55. The second kappa shape index (κ2) is 5.65. The van der Waals surface area contributed by atoms with Crippen molar-refractivity contribution in [3.63, 3.8) is 0 Å². The van der Waals surface area contributed by atoms with E-state index in [4.69, 9.17) is 4.74 Å². The Labute approximate surface area is 115 Å². The zero-order valence-corrected chi connectivity index (χ0v) is 12.4. The van der Waals surface area contributed by atoms with Crippen molar-refractivity contribution in [1.82, 2.24) is 9.03 Å². The van der Waals surface area contributed by atoms with Crippen molar-refractivity contribution in [1.29, 1.82) is 0 Å². The molecule has 0 aromatic heterocycles. The Bertz CT molecular complexity index is 396. The SMILES string of the molecule is CC1CN(S(=O)(=O)NCC2(O)CCCC2)CC(C)O1. The fraction of sp³-hybridized carbons (Fsp3) is 1.00. The van der Waals surface area contributed by atoms with Crippen LogP contribution in [0.4, 0.5) is 0 Å². The highest BCUT2D eigenvalue weighted by Gasteiger charge is 2.35. The van der Waals surface area contributed by atoms with Gasteiger partial charge in [0, 0.05) is 19.6 Å². The van der Waals surface area contributed by atoms with Crippen LogP contribution in [0.1, 0.15) is 39.5 Å². The zero-order chi connectivity index (χ0) is 14.1. The van der Waals surface area contributed by atoms with Crippen LogP contribution in [0, 0.1) is 0 Å². The number of nitrogens with one attached hydrogen (secondary N) is 1. The standard InChI is InChI=1S/C12H24N2O4S/c1-10-7-14(8-11(2)18-10)19(16,17)13-9-12(15)5-3-4-6-12/h10-11,13,15H,3-9H2,1-2H3. The van der Waals surface area contributed by atoms with Crippen LogP contribution in [0.5, 0.6) is 0 Å². The Morgan fingerprint density at radius 3 is 2.32 bits per heavy atom. The number of ether oxygens (including phenoxy) is 1. The lowest BCUT2D eigenvalue weighted by molar-refractivity contribution is -0.0445. The predicted molar refractivity (Wildman–Crippen MR) is 71.9 cm³/mol. The van der Waals surface area contributed by atoms with Gasteiger partial charge in [-0.2, -0.15) is 17.4 Å². The summed E-state index contributed by atoms with van der Waals surface area (Å²) in [5, 5.41) is 10.2. The van der Waals surface area contributed by atoms with E-state index in [-0.39, 0.29) is 18.8 Å². The molecular formula is C12H24N2O4S. The quantitative estimate of drug-likeness (QED) is 0.778. The van der Waals surface area contributed by atoms with Gasteiger partial charge in [-0.1, -0.05) is 12.8 Å². The Balaban J connectivity index is 1.94. The molecule has 1 aliphatic heterocycles. The second-order valence-electron chi connectivity index (χ2n) is 5.83. The highest BCUT2D eigenvalue weighted by Crippen LogP contribution is 2.28. The molecule has 2 rings (SSSR count). The number of hydrogen-bond acceptors (Lipinski definition) is 4. The molecule has 2 fully saturated rings. The molecule has 2 aliphatic rings. The van der Waals surface area contributed by atoms with Gasteiger partial charge in [-0.25, -0.2) is 0 Å². The van der Waals surface area contributed by atoms with E-state index in [0.29, 0.717) is 25.9 Å². The molecule has 2 N–H and O–H groups in total. The second-order valence-corrected chi connectivity index (χ2v) is 7.59. The number of morpholine rings is 1. The van der Waals surface area contributed by atoms with Crippen molar-refractivity contribution >= 4 is 10.2 Å². The van der Waals surface area contributed by atoms with Gasteiger partial charge in [-0.15, -0.1) is 0 Å². The van der Waals surface area contributed by atoms with E-state index in [2.05, 4.69) is 4.72 Å². The van der Waals surface area contributed by atoms with Crippen LogP contribution in [-0.2, 0) is 14.9 Å². The first-order valence-corrected chi connectivity index (χ1v) is 8.37. The summed E-state index contributed by atoms with van der Waals surface area (Å²) in [7, 11) is -3.53. The number of aliphatic hydroxyl groups is 1. The average Bonchev–Trinajstić information content (AvgIpc) is 2.73. The van der Waals surface area contributed by atoms with E-state index in [1.165, 1.54) is 4.31 Å². The summed E-state index contributed by atoms with van der Waals surface area (Å²) in [4.78, 5) is 0. The molecule has 1 saturated heterocycles. The molecule has 0 radical (unpaired) electrons. The molecule has 1 aliphatic carbocycles. The minimum atomic E-state index is -3.53. The highest BCUT2D eigenvalue weighted by atomic mass is 32.2. The molecular weight excluding hydrogens is 268 g/mol. The lowest BCUT2D eigenvalue weighted by atomic mass is 10.0. The van der Waals surface area contributed by atoms with Crippen molar-refractivity contribution in [3.8, 4) is 0 Å². The van der Waals surface area contributed by atoms with Gasteiger partial charge >= 0.3 is 0 Å². The maximum absolute atomic E-state index is 12.2. The van der Waals surface area contributed by atoms with Crippen LogP contribution < -0.4 is 4.72 Å².